The highest BCUT2D eigenvalue weighted by atomic mass is 127. The van der Waals surface area contributed by atoms with Crippen molar-refractivity contribution in [3.8, 4) is 11.4 Å². The van der Waals surface area contributed by atoms with Crippen molar-refractivity contribution in [3.05, 3.63) is 44.0 Å². The van der Waals surface area contributed by atoms with Crippen molar-refractivity contribution in [1.82, 2.24) is 9.97 Å². The molecule has 0 saturated carbocycles. The van der Waals surface area contributed by atoms with E-state index in [1.165, 1.54) is 12.1 Å². The lowest BCUT2D eigenvalue weighted by Crippen LogP contribution is -1.92. The first-order valence-electron chi connectivity index (χ1n) is 4.21. The highest BCUT2D eigenvalue weighted by molar-refractivity contribution is 14.1. The van der Waals surface area contributed by atoms with Crippen molar-refractivity contribution >= 4 is 45.8 Å². The second-order valence-electron chi connectivity index (χ2n) is 2.99. The number of rotatable bonds is 1. The van der Waals surface area contributed by atoms with Crippen molar-refractivity contribution in [2.24, 2.45) is 0 Å². The maximum Gasteiger partial charge on any atom is 0.161 e. The maximum atomic E-state index is 13.1. The van der Waals surface area contributed by atoms with Crippen LogP contribution in [-0.2, 0) is 0 Å². The Bertz CT molecular complexity index is 528. The molecular formula is C10H4Cl2FIN2. The highest BCUT2D eigenvalue weighted by Crippen LogP contribution is 2.24. The molecule has 0 radical (unpaired) electrons. The summed E-state index contributed by atoms with van der Waals surface area (Å²) >= 11 is 13.6. The number of aromatic nitrogens is 2. The van der Waals surface area contributed by atoms with E-state index >= 15 is 0 Å². The Morgan fingerprint density at radius 1 is 1.19 bits per heavy atom. The molecule has 1 aromatic carbocycles. The molecule has 2 rings (SSSR count). The van der Waals surface area contributed by atoms with Gasteiger partial charge in [-0.1, -0.05) is 23.2 Å². The first-order chi connectivity index (χ1) is 7.56. The van der Waals surface area contributed by atoms with E-state index < -0.39 is 5.82 Å². The Labute approximate surface area is 115 Å². The third-order valence-corrected chi connectivity index (χ3v) is 3.44. The van der Waals surface area contributed by atoms with Gasteiger partial charge in [0.15, 0.2) is 5.82 Å². The van der Waals surface area contributed by atoms with Gasteiger partial charge in [0.05, 0.1) is 3.57 Å². The molecule has 1 aromatic heterocycles. The van der Waals surface area contributed by atoms with Gasteiger partial charge in [-0.05, 0) is 40.8 Å². The van der Waals surface area contributed by atoms with Crippen LogP contribution in [0.1, 0.15) is 0 Å². The van der Waals surface area contributed by atoms with Crippen LogP contribution in [0.25, 0.3) is 11.4 Å². The Kier molecular flexibility index (Phi) is 3.61. The van der Waals surface area contributed by atoms with E-state index in [0.717, 1.165) is 3.57 Å². The zero-order valence-corrected chi connectivity index (χ0v) is 11.4. The van der Waals surface area contributed by atoms with Crippen molar-refractivity contribution in [2.45, 2.75) is 0 Å². The lowest BCUT2D eigenvalue weighted by molar-refractivity contribution is 0.628. The molecule has 0 saturated heterocycles. The fourth-order valence-corrected chi connectivity index (χ4v) is 1.78. The van der Waals surface area contributed by atoms with E-state index in [1.54, 1.807) is 12.3 Å². The topological polar surface area (TPSA) is 25.8 Å². The molecule has 0 unspecified atom stereocenters. The summed E-state index contributed by atoms with van der Waals surface area (Å²) in [5.74, 6) is -0.0763. The van der Waals surface area contributed by atoms with Crippen molar-refractivity contribution in [2.75, 3.05) is 0 Å². The summed E-state index contributed by atoms with van der Waals surface area (Å²) in [4.78, 5) is 8.11. The monoisotopic (exact) mass is 368 g/mol. The lowest BCUT2D eigenvalue weighted by atomic mass is 10.2. The molecule has 0 amide bonds. The fourth-order valence-electron chi connectivity index (χ4n) is 1.17. The third-order valence-electron chi connectivity index (χ3n) is 1.82. The molecule has 2 aromatic rings. The van der Waals surface area contributed by atoms with Crippen LogP contribution < -0.4 is 0 Å². The van der Waals surface area contributed by atoms with Crippen LogP contribution in [0, 0.1) is 9.39 Å². The molecule has 6 heteroatoms. The van der Waals surface area contributed by atoms with E-state index in [4.69, 9.17) is 23.2 Å². The molecule has 0 aliphatic rings. The van der Waals surface area contributed by atoms with Gasteiger partial charge in [0, 0.05) is 16.8 Å². The zero-order valence-electron chi connectivity index (χ0n) is 7.72. The minimum atomic E-state index is -0.430. The predicted octanol–water partition coefficient (Wildman–Crippen LogP) is 4.19. The average molecular weight is 369 g/mol. The summed E-state index contributed by atoms with van der Waals surface area (Å²) in [7, 11) is 0. The first kappa shape index (κ1) is 12.0. The molecule has 0 fully saturated rings. The van der Waals surface area contributed by atoms with Crippen molar-refractivity contribution in [3.63, 3.8) is 0 Å². The van der Waals surface area contributed by atoms with Crippen LogP contribution in [0.15, 0.2) is 24.4 Å². The molecule has 1 heterocycles. The van der Waals surface area contributed by atoms with Gasteiger partial charge in [0.25, 0.3) is 0 Å². The molecule has 0 atom stereocenters. The van der Waals surface area contributed by atoms with Gasteiger partial charge in [0.1, 0.15) is 11.0 Å². The minimum absolute atomic E-state index is 0.299. The number of benzene rings is 1. The van der Waals surface area contributed by atoms with Gasteiger partial charge in [0.2, 0.25) is 0 Å². The van der Waals surface area contributed by atoms with Crippen molar-refractivity contribution < 1.29 is 4.39 Å². The van der Waals surface area contributed by atoms with Crippen LogP contribution in [0.3, 0.4) is 0 Å². The van der Waals surface area contributed by atoms with Crippen molar-refractivity contribution in [1.29, 1.82) is 0 Å². The average Bonchev–Trinajstić information content (AvgIpc) is 2.20. The van der Waals surface area contributed by atoms with Crippen LogP contribution >= 0.6 is 45.8 Å². The minimum Gasteiger partial charge on any atom is -0.235 e. The molecule has 0 aliphatic carbocycles. The first-order valence-corrected chi connectivity index (χ1v) is 6.04. The summed E-state index contributed by atoms with van der Waals surface area (Å²) in [5.41, 5.74) is 0.503. The maximum absolute atomic E-state index is 13.1. The number of halogens is 4. The summed E-state index contributed by atoms with van der Waals surface area (Å²) in [5, 5.41) is 0.638. The van der Waals surface area contributed by atoms with E-state index in [2.05, 4.69) is 9.97 Å². The number of hydrogen-bond acceptors (Lipinski definition) is 2. The summed E-state index contributed by atoms with van der Waals surface area (Å²) in [6.07, 6.45) is 1.57. The van der Waals surface area contributed by atoms with Gasteiger partial charge < -0.3 is 0 Å². The van der Waals surface area contributed by atoms with Gasteiger partial charge in [-0.2, -0.15) is 0 Å². The molecule has 0 spiro atoms. The summed E-state index contributed by atoms with van der Waals surface area (Å²) in [6, 6.07) is 4.12. The summed E-state index contributed by atoms with van der Waals surface area (Å²) in [6.45, 7) is 0. The summed E-state index contributed by atoms with van der Waals surface area (Å²) < 4.78 is 13.9. The van der Waals surface area contributed by atoms with E-state index in [1.807, 2.05) is 22.6 Å². The van der Waals surface area contributed by atoms with Gasteiger partial charge >= 0.3 is 0 Å². The normalized spacial score (nSPS) is 10.5. The lowest BCUT2D eigenvalue weighted by Gasteiger charge is -2.02. The predicted molar refractivity (Wildman–Crippen MR) is 70.2 cm³/mol. The second kappa shape index (κ2) is 4.81. The van der Waals surface area contributed by atoms with Crippen LogP contribution in [0.5, 0.6) is 0 Å². The van der Waals surface area contributed by atoms with Gasteiger partial charge in [-0.15, -0.1) is 0 Å². The number of hydrogen-bond donors (Lipinski definition) is 0. The Morgan fingerprint density at radius 3 is 2.56 bits per heavy atom. The Hall–Kier alpha value is -0.460. The Balaban J connectivity index is 2.54. The fraction of sp³-hybridized carbons (Fsp3) is 0. The highest BCUT2D eigenvalue weighted by Gasteiger charge is 2.07. The molecule has 0 bridgehead atoms. The number of nitrogens with zero attached hydrogens (tertiary/aromatic N) is 2. The molecule has 0 aliphatic heterocycles. The Morgan fingerprint density at radius 2 is 1.94 bits per heavy atom. The standard InChI is InChI=1S/C10H4Cl2FIN2/c11-6-1-5(2-7(13)3-6)10-15-4-8(14)9(12)16-10/h1-4H. The van der Waals surface area contributed by atoms with Gasteiger partial charge in [-0.3, -0.25) is 0 Å². The van der Waals surface area contributed by atoms with Crippen LogP contribution in [-0.4, -0.2) is 9.97 Å². The van der Waals surface area contributed by atoms with Crippen LogP contribution in [0.4, 0.5) is 4.39 Å². The zero-order chi connectivity index (χ0) is 11.7. The molecule has 2 nitrogen and oxygen atoms in total. The second-order valence-corrected chi connectivity index (χ2v) is 4.95. The van der Waals surface area contributed by atoms with E-state index in [9.17, 15) is 4.39 Å². The molecule has 0 N–H and O–H groups in total. The largest absolute Gasteiger partial charge is 0.235 e. The third kappa shape index (κ3) is 2.61. The molecule has 16 heavy (non-hydrogen) atoms. The SMILES string of the molecule is Fc1cc(Cl)cc(-c2ncc(I)c(Cl)n2)c1. The van der Waals surface area contributed by atoms with E-state index in [-0.39, 0.29) is 0 Å². The smallest absolute Gasteiger partial charge is 0.161 e. The molecular weight excluding hydrogens is 365 g/mol. The molecule has 82 valence electrons. The quantitative estimate of drug-likeness (QED) is 0.557. The van der Waals surface area contributed by atoms with E-state index in [0.29, 0.717) is 21.6 Å². The van der Waals surface area contributed by atoms with Crippen LogP contribution in [0.2, 0.25) is 10.2 Å². The van der Waals surface area contributed by atoms with Gasteiger partial charge in [-0.25, -0.2) is 14.4 Å².